The molecular weight excluding hydrogens is 248 g/mol. The van der Waals surface area contributed by atoms with Crippen LogP contribution in [0.4, 0.5) is 0 Å². The molecule has 0 aromatic heterocycles. The number of carbonyl (C=O) groups excluding carboxylic acids is 3. The third-order valence-electron chi connectivity index (χ3n) is 2.59. The van der Waals surface area contributed by atoms with Crippen LogP contribution in [0, 0.1) is 11.8 Å². The second kappa shape index (κ2) is 6.77. The van der Waals surface area contributed by atoms with Crippen molar-refractivity contribution in [2.24, 2.45) is 23.3 Å². The van der Waals surface area contributed by atoms with E-state index in [2.05, 4.69) is 0 Å². The van der Waals surface area contributed by atoms with Crippen LogP contribution in [0.1, 0.15) is 34.6 Å². The number of esters is 1. The summed E-state index contributed by atoms with van der Waals surface area (Å²) in [6, 6.07) is -2.15. The molecule has 0 radical (unpaired) electrons. The number of hydrogen-bond acceptors (Lipinski definition) is 6. The molecule has 0 heterocycles. The summed E-state index contributed by atoms with van der Waals surface area (Å²) < 4.78 is 5.06. The van der Waals surface area contributed by atoms with Gasteiger partial charge in [-0.2, -0.15) is 0 Å². The van der Waals surface area contributed by atoms with Gasteiger partial charge in [0.05, 0.1) is 6.04 Å². The van der Waals surface area contributed by atoms with Crippen LogP contribution in [0.2, 0.25) is 0 Å². The van der Waals surface area contributed by atoms with Gasteiger partial charge in [-0.25, -0.2) is 0 Å². The van der Waals surface area contributed by atoms with Crippen LogP contribution in [0.3, 0.4) is 0 Å². The maximum Gasteiger partial charge on any atom is 0.324 e. The van der Waals surface area contributed by atoms with E-state index in [4.69, 9.17) is 16.2 Å². The molecule has 110 valence electrons. The summed E-state index contributed by atoms with van der Waals surface area (Å²) in [7, 11) is 0. The highest BCUT2D eigenvalue weighted by atomic mass is 16.6. The molecule has 6 nitrogen and oxygen atoms in total. The molecule has 0 spiro atoms. The Morgan fingerprint density at radius 1 is 1.11 bits per heavy atom. The lowest BCUT2D eigenvalue weighted by molar-refractivity contribution is -0.160. The van der Waals surface area contributed by atoms with Crippen LogP contribution in [0.25, 0.3) is 0 Å². The predicted molar refractivity (Wildman–Crippen MR) is 71.2 cm³/mol. The first-order chi connectivity index (χ1) is 8.51. The Bertz CT molecular complexity index is 347. The van der Waals surface area contributed by atoms with E-state index in [9.17, 15) is 14.4 Å². The third-order valence-corrected chi connectivity index (χ3v) is 2.59. The number of ketones is 1. The van der Waals surface area contributed by atoms with Gasteiger partial charge in [-0.1, -0.05) is 13.8 Å². The van der Waals surface area contributed by atoms with Crippen molar-refractivity contribution in [3.8, 4) is 0 Å². The van der Waals surface area contributed by atoms with E-state index in [1.165, 1.54) is 0 Å². The minimum absolute atomic E-state index is 0.138. The zero-order valence-corrected chi connectivity index (χ0v) is 12.2. The zero-order valence-electron chi connectivity index (χ0n) is 12.2. The maximum absolute atomic E-state index is 12.0. The van der Waals surface area contributed by atoms with Crippen LogP contribution < -0.4 is 11.5 Å². The van der Waals surface area contributed by atoms with E-state index in [0.717, 1.165) is 0 Å². The van der Waals surface area contributed by atoms with E-state index in [-0.39, 0.29) is 5.92 Å². The third kappa shape index (κ3) is 5.48. The summed E-state index contributed by atoms with van der Waals surface area (Å²) in [5.41, 5.74) is 10.6. The maximum atomic E-state index is 12.0. The molecule has 3 atom stereocenters. The molecule has 0 aliphatic rings. The Balaban J connectivity index is 4.91. The Morgan fingerprint density at radius 3 is 1.89 bits per heavy atom. The number of Topliss-reactive ketones (excluding diaryl/α,β-unsaturated/α-hetero) is 1. The Labute approximate surface area is 113 Å². The van der Waals surface area contributed by atoms with Gasteiger partial charge >= 0.3 is 5.97 Å². The van der Waals surface area contributed by atoms with Gasteiger partial charge in [0.2, 0.25) is 0 Å². The largest absolute Gasteiger partial charge is 0.459 e. The van der Waals surface area contributed by atoms with E-state index in [0.29, 0.717) is 6.29 Å². The highest BCUT2D eigenvalue weighted by Crippen LogP contribution is 2.13. The average molecular weight is 272 g/mol. The van der Waals surface area contributed by atoms with E-state index < -0.39 is 35.4 Å². The smallest absolute Gasteiger partial charge is 0.324 e. The summed E-state index contributed by atoms with van der Waals surface area (Å²) in [5, 5.41) is 0. The van der Waals surface area contributed by atoms with Crippen molar-refractivity contribution in [2.45, 2.75) is 52.3 Å². The van der Waals surface area contributed by atoms with Gasteiger partial charge in [-0.15, -0.1) is 0 Å². The first-order valence-electron chi connectivity index (χ1n) is 6.24. The molecule has 0 aliphatic carbocycles. The molecule has 3 unspecified atom stereocenters. The number of nitrogens with two attached hydrogens (primary N) is 2. The fourth-order valence-corrected chi connectivity index (χ4v) is 1.40. The van der Waals surface area contributed by atoms with Gasteiger partial charge in [0.1, 0.15) is 23.8 Å². The lowest BCUT2D eigenvalue weighted by atomic mass is 9.88. The topological polar surface area (TPSA) is 112 Å². The van der Waals surface area contributed by atoms with Crippen LogP contribution in [0.15, 0.2) is 0 Å². The van der Waals surface area contributed by atoms with Crippen molar-refractivity contribution in [1.82, 2.24) is 0 Å². The molecule has 0 aromatic rings. The highest BCUT2D eigenvalue weighted by molar-refractivity contribution is 6.01. The summed E-state index contributed by atoms with van der Waals surface area (Å²) in [6.45, 7) is 8.53. The normalized spacial score (nSPS) is 16.6. The summed E-state index contributed by atoms with van der Waals surface area (Å²) >= 11 is 0. The van der Waals surface area contributed by atoms with Gasteiger partial charge in [0.15, 0.2) is 5.78 Å². The van der Waals surface area contributed by atoms with E-state index >= 15 is 0 Å². The Hall–Kier alpha value is -1.27. The Kier molecular flexibility index (Phi) is 6.32. The molecule has 0 saturated heterocycles. The standard InChI is InChI=1S/C13H24N2O4/c1-7(2)9(14)11(17)8(6-16)10(15)12(18)19-13(3,4)5/h6-10H,14-15H2,1-5H3. The number of aldehydes is 1. The van der Waals surface area contributed by atoms with Crippen LogP contribution in [0.5, 0.6) is 0 Å². The highest BCUT2D eigenvalue weighted by Gasteiger charge is 2.36. The molecule has 6 heteroatoms. The molecule has 4 N–H and O–H groups in total. The van der Waals surface area contributed by atoms with Crippen molar-refractivity contribution in [1.29, 1.82) is 0 Å². The first-order valence-corrected chi connectivity index (χ1v) is 6.24. The number of rotatable bonds is 6. The monoisotopic (exact) mass is 272 g/mol. The van der Waals surface area contributed by atoms with Gasteiger partial charge in [0, 0.05) is 0 Å². The Morgan fingerprint density at radius 2 is 1.58 bits per heavy atom. The number of ether oxygens (including phenoxy) is 1. The number of carbonyl (C=O) groups is 3. The SMILES string of the molecule is CC(C)C(N)C(=O)C(C=O)C(N)C(=O)OC(C)(C)C. The zero-order chi connectivity index (χ0) is 15.4. The van der Waals surface area contributed by atoms with Crippen LogP contribution in [-0.4, -0.2) is 35.7 Å². The molecule has 0 rings (SSSR count). The minimum atomic E-state index is -1.32. The fourth-order valence-electron chi connectivity index (χ4n) is 1.40. The lowest BCUT2D eigenvalue weighted by Gasteiger charge is -2.25. The molecule has 0 amide bonds. The first kappa shape index (κ1) is 17.7. The molecule has 0 aliphatic heterocycles. The molecule has 0 fully saturated rings. The summed E-state index contributed by atoms with van der Waals surface area (Å²) in [5.74, 6) is -2.73. The molecule has 0 aromatic carbocycles. The van der Waals surface area contributed by atoms with Crippen molar-refractivity contribution >= 4 is 18.0 Å². The summed E-state index contributed by atoms with van der Waals surface area (Å²) in [6.07, 6.45) is 0.360. The van der Waals surface area contributed by atoms with Crippen LogP contribution >= 0.6 is 0 Å². The van der Waals surface area contributed by atoms with Gasteiger partial charge < -0.3 is 21.0 Å². The second-order valence-corrected chi connectivity index (χ2v) is 5.89. The predicted octanol–water partition coefficient (Wildman–Crippen LogP) is 0.0229. The second-order valence-electron chi connectivity index (χ2n) is 5.89. The average Bonchev–Trinajstić information content (AvgIpc) is 2.25. The summed E-state index contributed by atoms with van der Waals surface area (Å²) in [4.78, 5) is 34.8. The lowest BCUT2D eigenvalue weighted by Crippen LogP contribution is -2.51. The fraction of sp³-hybridized carbons (Fsp3) is 0.769. The van der Waals surface area contributed by atoms with Crippen molar-refractivity contribution < 1.29 is 19.1 Å². The van der Waals surface area contributed by atoms with Crippen molar-refractivity contribution in [2.75, 3.05) is 0 Å². The van der Waals surface area contributed by atoms with Crippen molar-refractivity contribution in [3.05, 3.63) is 0 Å². The molecule has 0 saturated carbocycles. The van der Waals surface area contributed by atoms with Crippen LogP contribution in [-0.2, 0) is 19.1 Å². The van der Waals surface area contributed by atoms with Gasteiger partial charge in [0.25, 0.3) is 0 Å². The van der Waals surface area contributed by atoms with Gasteiger partial charge in [-0.3, -0.25) is 9.59 Å². The number of hydrogen-bond donors (Lipinski definition) is 2. The van der Waals surface area contributed by atoms with E-state index in [1.807, 2.05) is 0 Å². The van der Waals surface area contributed by atoms with E-state index in [1.54, 1.807) is 34.6 Å². The molecular formula is C13H24N2O4. The quantitative estimate of drug-likeness (QED) is 0.400. The minimum Gasteiger partial charge on any atom is -0.459 e. The molecule has 19 heavy (non-hydrogen) atoms. The van der Waals surface area contributed by atoms with Gasteiger partial charge in [-0.05, 0) is 26.7 Å². The molecule has 0 bridgehead atoms. The van der Waals surface area contributed by atoms with Crippen molar-refractivity contribution in [3.63, 3.8) is 0 Å².